The van der Waals surface area contributed by atoms with E-state index in [1.165, 1.54) is 0 Å². The summed E-state index contributed by atoms with van der Waals surface area (Å²) in [6, 6.07) is 6.66. The number of aliphatic carboxylic acids is 1. The Bertz CT molecular complexity index is 517. The summed E-state index contributed by atoms with van der Waals surface area (Å²) in [6.45, 7) is 1.04. The largest absolute Gasteiger partial charge is 0.481 e. The molecule has 0 bridgehead atoms. The van der Waals surface area contributed by atoms with E-state index in [0.29, 0.717) is 37.3 Å². The molecular formula is C15H19NO5. The van der Waals surface area contributed by atoms with Gasteiger partial charge in [-0.25, -0.2) is 0 Å². The summed E-state index contributed by atoms with van der Waals surface area (Å²) < 4.78 is 5.27. The van der Waals surface area contributed by atoms with Crippen LogP contribution in [0.2, 0.25) is 0 Å². The Morgan fingerprint density at radius 2 is 2.10 bits per heavy atom. The maximum absolute atomic E-state index is 12.6. The zero-order valence-corrected chi connectivity index (χ0v) is 11.7. The number of amides is 1. The quantitative estimate of drug-likeness (QED) is 0.827. The Morgan fingerprint density at radius 3 is 2.81 bits per heavy atom. The minimum atomic E-state index is -0.892. The van der Waals surface area contributed by atoms with Gasteiger partial charge >= 0.3 is 5.97 Å². The van der Waals surface area contributed by atoms with Crippen LogP contribution >= 0.6 is 0 Å². The van der Waals surface area contributed by atoms with E-state index in [4.69, 9.17) is 9.84 Å². The predicted molar refractivity (Wildman–Crippen MR) is 75.1 cm³/mol. The highest BCUT2D eigenvalue weighted by Crippen LogP contribution is 2.17. The third-order valence-electron chi connectivity index (χ3n) is 3.56. The average molecular weight is 293 g/mol. The number of hydrogen-bond acceptors (Lipinski definition) is 4. The SMILES string of the molecule is O=C(O)CCc1ccccc1C(=O)N1CCOCC1CO. The van der Waals surface area contributed by atoms with Crippen molar-refractivity contribution in [3.8, 4) is 0 Å². The van der Waals surface area contributed by atoms with E-state index in [0.717, 1.165) is 0 Å². The molecule has 1 aliphatic rings. The van der Waals surface area contributed by atoms with Gasteiger partial charge in [0, 0.05) is 18.5 Å². The smallest absolute Gasteiger partial charge is 0.303 e. The van der Waals surface area contributed by atoms with Crippen LogP contribution in [0.4, 0.5) is 0 Å². The lowest BCUT2D eigenvalue weighted by Gasteiger charge is -2.34. The van der Waals surface area contributed by atoms with E-state index in [1.54, 1.807) is 29.2 Å². The Balaban J connectivity index is 2.19. The van der Waals surface area contributed by atoms with Crippen molar-refractivity contribution in [2.24, 2.45) is 0 Å². The Kier molecular flexibility index (Phi) is 5.30. The first-order valence-electron chi connectivity index (χ1n) is 6.92. The standard InChI is InChI=1S/C15H19NO5/c17-9-12-10-21-8-7-16(12)15(20)13-4-2-1-3-11(13)5-6-14(18)19/h1-4,12,17H,5-10H2,(H,18,19). The van der Waals surface area contributed by atoms with Gasteiger partial charge in [-0.05, 0) is 18.1 Å². The van der Waals surface area contributed by atoms with Crippen LogP contribution in [0.3, 0.4) is 0 Å². The molecule has 1 aliphatic heterocycles. The minimum absolute atomic E-state index is 0.0170. The fraction of sp³-hybridized carbons (Fsp3) is 0.467. The fourth-order valence-electron chi connectivity index (χ4n) is 2.42. The van der Waals surface area contributed by atoms with Crippen molar-refractivity contribution in [2.75, 3.05) is 26.4 Å². The predicted octanol–water partition coefficient (Wildman–Crippen LogP) is 0.537. The second kappa shape index (κ2) is 7.19. The molecule has 0 aromatic heterocycles. The van der Waals surface area contributed by atoms with Gasteiger partial charge in [0.2, 0.25) is 0 Å². The number of aliphatic hydroxyl groups is 1. The molecule has 1 heterocycles. The van der Waals surface area contributed by atoms with E-state index in [-0.39, 0.29) is 25.0 Å². The number of carbonyl (C=O) groups excluding carboxylic acids is 1. The van der Waals surface area contributed by atoms with E-state index in [9.17, 15) is 14.7 Å². The van der Waals surface area contributed by atoms with Gasteiger partial charge in [0.15, 0.2) is 0 Å². The number of morpholine rings is 1. The summed E-state index contributed by atoms with van der Waals surface area (Å²) in [7, 11) is 0. The summed E-state index contributed by atoms with van der Waals surface area (Å²) in [5.74, 6) is -1.07. The third kappa shape index (κ3) is 3.80. The van der Waals surface area contributed by atoms with Crippen molar-refractivity contribution < 1.29 is 24.5 Å². The van der Waals surface area contributed by atoms with Crippen molar-refractivity contribution in [1.29, 1.82) is 0 Å². The summed E-state index contributed by atoms with van der Waals surface area (Å²) >= 11 is 0. The molecule has 0 radical (unpaired) electrons. The lowest BCUT2D eigenvalue weighted by atomic mass is 10.0. The van der Waals surface area contributed by atoms with Gasteiger partial charge in [-0.15, -0.1) is 0 Å². The van der Waals surface area contributed by atoms with Gasteiger partial charge in [0.05, 0.1) is 25.9 Å². The van der Waals surface area contributed by atoms with Gasteiger partial charge in [-0.2, -0.15) is 0 Å². The average Bonchev–Trinajstić information content (AvgIpc) is 2.52. The molecule has 6 nitrogen and oxygen atoms in total. The highest BCUT2D eigenvalue weighted by Gasteiger charge is 2.28. The molecular weight excluding hydrogens is 274 g/mol. The molecule has 1 aromatic carbocycles. The van der Waals surface area contributed by atoms with Gasteiger partial charge in [0.1, 0.15) is 0 Å². The molecule has 114 valence electrons. The Morgan fingerprint density at radius 1 is 1.33 bits per heavy atom. The van der Waals surface area contributed by atoms with Crippen molar-refractivity contribution in [3.63, 3.8) is 0 Å². The maximum Gasteiger partial charge on any atom is 0.303 e. The number of nitrogens with zero attached hydrogens (tertiary/aromatic N) is 1. The van der Waals surface area contributed by atoms with Gasteiger partial charge < -0.3 is 19.8 Å². The highest BCUT2D eigenvalue weighted by atomic mass is 16.5. The van der Waals surface area contributed by atoms with Crippen LogP contribution in [0.1, 0.15) is 22.3 Å². The molecule has 0 saturated carbocycles. The van der Waals surface area contributed by atoms with Crippen LogP contribution in [0.25, 0.3) is 0 Å². The zero-order valence-electron chi connectivity index (χ0n) is 11.7. The normalized spacial score (nSPS) is 18.5. The molecule has 1 saturated heterocycles. The topological polar surface area (TPSA) is 87.1 Å². The van der Waals surface area contributed by atoms with Crippen LogP contribution in [-0.4, -0.2) is 59.4 Å². The third-order valence-corrected chi connectivity index (χ3v) is 3.56. The van der Waals surface area contributed by atoms with E-state index < -0.39 is 5.97 Å². The van der Waals surface area contributed by atoms with E-state index in [1.807, 2.05) is 0 Å². The highest BCUT2D eigenvalue weighted by molar-refractivity contribution is 5.96. The molecule has 1 fully saturated rings. The number of benzene rings is 1. The summed E-state index contributed by atoms with van der Waals surface area (Å²) in [5.41, 5.74) is 1.21. The number of carbonyl (C=O) groups is 2. The van der Waals surface area contributed by atoms with Crippen molar-refractivity contribution in [3.05, 3.63) is 35.4 Å². The molecule has 2 rings (SSSR count). The zero-order chi connectivity index (χ0) is 15.2. The number of rotatable bonds is 5. The van der Waals surface area contributed by atoms with Gasteiger partial charge in [-0.3, -0.25) is 9.59 Å². The Hall–Kier alpha value is -1.92. The summed E-state index contributed by atoms with van der Waals surface area (Å²) in [4.78, 5) is 25.0. The number of ether oxygens (including phenoxy) is 1. The van der Waals surface area contributed by atoms with E-state index in [2.05, 4.69) is 0 Å². The number of aliphatic hydroxyl groups excluding tert-OH is 1. The van der Waals surface area contributed by atoms with Crippen LogP contribution < -0.4 is 0 Å². The maximum atomic E-state index is 12.6. The molecule has 0 aliphatic carbocycles. The molecule has 2 N–H and O–H groups in total. The fourth-order valence-corrected chi connectivity index (χ4v) is 2.42. The lowest BCUT2D eigenvalue weighted by molar-refractivity contribution is -0.136. The van der Waals surface area contributed by atoms with Crippen molar-refractivity contribution in [1.82, 2.24) is 4.90 Å². The first-order chi connectivity index (χ1) is 10.1. The van der Waals surface area contributed by atoms with Crippen molar-refractivity contribution in [2.45, 2.75) is 18.9 Å². The number of hydrogen-bond donors (Lipinski definition) is 2. The number of carboxylic acid groups (broad SMARTS) is 1. The van der Waals surface area contributed by atoms with Crippen LogP contribution in [0.15, 0.2) is 24.3 Å². The first-order valence-corrected chi connectivity index (χ1v) is 6.92. The molecule has 1 unspecified atom stereocenters. The molecule has 1 aromatic rings. The van der Waals surface area contributed by atoms with E-state index >= 15 is 0 Å². The summed E-state index contributed by atoms with van der Waals surface area (Å²) in [5, 5.41) is 18.1. The van der Waals surface area contributed by atoms with Crippen LogP contribution in [0, 0.1) is 0 Å². The molecule has 6 heteroatoms. The van der Waals surface area contributed by atoms with Crippen LogP contribution in [-0.2, 0) is 16.0 Å². The first kappa shape index (κ1) is 15.5. The van der Waals surface area contributed by atoms with Gasteiger partial charge in [-0.1, -0.05) is 18.2 Å². The van der Waals surface area contributed by atoms with Crippen molar-refractivity contribution >= 4 is 11.9 Å². The second-order valence-electron chi connectivity index (χ2n) is 4.96. The summed E-state index contributed by atoms with van der Waals surface area (Å²) in [6.07, 6.45) is 0.294. The lowest BCUT2D eigenvalue weighted by Crippen LogP contribution is -2.50. The van der Waals surface area contributed by atoms with Crippen LogP contribution in [0.5, 0.6) is 0 Å². The number of carboxylic acids is 1. The van der Waals surface area contributed by atoms with Gasteiger partial charge in [0.25, 0.3) is 5.91 Å². The Labute approximate surface area is 122 Å². The molecule has 1 atom stereocenters. The second-order valence-corrected chi connectivity index (χ2v) is 4.96. The minimum Gasteiger partial charge on any atom is -0.481 e. The number of aryl methyl sites for hydroxylation is 1. The molecule has 21 heavy (non-hydrogen) atoms. The monoisotopic (exact) mass is 293 g/mol. The molecule has 1 amide bonds. The molecule has 0 spiro atoms.